The number of ether oxygens (including phenoxy) is 1. The van der Waals surface area contributed by atoms with Gasteiger partial charge in [-0.25, -0.2) is 4.98 Å². The molecule has 2 heterocycles. The average molecular weight is 312 g/mol. The number of likely N-dealkylation sites (N-methyl/N-ethyl adjacent to an activating group) is 1. The number of methoxy groups -OCH3 is 1. The molecule has 2 aromatic heterocycles. The Morgan fingerprint density at radius 3 is 2.78 bits per heavy atom. The molecule has 0 amide bonds. The van der Waals surface area contributed by atoms with Gasteiger partial charge in [0.25, 0.3) is 0 Å². The number of hydrogen-bond acceptors (Lipinski definition) is 5. The number of aliphatic hydroxyl groups is 1. The van der Waals surface area contributed by atoms with E-state index in [1.165, 1.54) is 0 Å². The molecule has 6 heteroatoms. The van der Waals surface area contributed by atoms with E-state index in [4.69, 9.17) is 4.74 Å². The monoisotopic (exact) mass is 312 g/mol. The summed E-state index contributed by atoms with van der Waals surface area (Å²) in [6, 6.07) is 13.9. The minimum Gasteiger partial charge on any atom is -0.389 e. The van der Waals surface area contributed by atoms with Crippen molar-refractivity contribution in [2.45, 2.75) is 6.10 Å². The van der Waals surface area contributed by atoms with Crippen LogP contribution in [-0.4, -0.2) is 53.1 Å². The second kappa shape index (κ2) is 6.76. The van der Waals surface area contributed by atoms with Crippen LogP contribution in [0.2, 0.25) is 0 Å². The second-order valence-corrected chi connectivity index (χ2v) is 5.46. The molecule has 0 bridgehead atoms. The van der Waals surface area contributed by atoms with Gasteiger partial charge in [0.1, 0.15) is 5.82 Å². The van der Waals surface area contributed by atoms with Gasteiger partial charge in [-0.05, 0) is 0 Å². The molecule has 1 aromatic carbocycles. The Hall–Kier alpha value is -2.44. The number of aliphatic hydroxyl groups excluding tert-OH is 1. The molecule has 0 radical (unpaired) electrons. The van der Waals surface area contributed by atoms with E-state index in [0.29, 0.717) is 13.2 Å². The van der Waals surface area contributed by atoms with Gasteiger partial charge in [0, 0.05) is 38.4 Å². The number of hydrogen-bond donors (Lipinski definition) is 1. The molecule has 6 nitrogen and oxygen atoms in total. The number of benzene rings is 1. The predicted molar refractivity (Wildman–Crippen MR) is 89.6 cm³/mol. The number of aromatic nitrogens is 3. The van der Waals surface area contributed by atoms with Gasteiger partial charge in [0.2, 0.25) is 0 Å². The van der Waals surface area contributed by atoms with Gasteiger partial charge in [-0.3, -0.25) is 0 Å². The van der Waals surface area contributed by atoms with E-state index in [1.807, 2.05) is 54.4 Å². The first-order valence-corrected chi connectivity index (χ1v) is 7.47. The molecule has 0 spiro atoms. The molecule has 23 heavy (non-hydrogen) atoms. The van der Waals surface area contributed by atoms with Crippen molar-refractivity contribution in [2.75, 3.05) is 32.2 Å². The van der Waals surface area contributed by atoms with Crippen molar-refractivity contribution < 1.29 is 9.84 Å². The van der Waals surface area contributed by atoms with Crippen LogP contribution in [0.5, 0.6) is 0 Å². The first-order valence-electron chi connectivity index (χ1n) is 7.47. The van der Waals surface area contributed by atoms with Crippen LogP contribution in [0.3, 0.4) is 0 Å². The Balaban J connectivity index is 2.00. The molecular formula is C17H20N4O2. The van der Waals surface area contributed by atoms with E-state index in [2.05, 4.69) is 10.1 Å². The Labute approximate surface area is 135 Å². The van der Waals surface area contributed by atoms with Gasteiger partial charge >= 0.3 is 0 Å². The third-order valence-corrected chi connectivity index (χ3v) is 3.64. The van der Waals surface area contributed by atoms with Crippen LogP contribution >= 0.6 is 0 Å². The van der Waals surface area contributed by atoms with Crippen LogP contribution in [0.4, 0.5) is 5.82 Å². The van der Waals surface area contributed by atoms with E-state index < -0.39 is 6.10 Å². The van der Waals surface area contributed by atoms with Crippen molar-refractivity contribution >= 4 is 11.5 Å². The summed E-state index contributed by atoms with van der Waals surface area (Å²) in [5, 5.41) is 14.3. The Bertz CT molecular complexity index is 773. The molecule has 0 saturated heterocycles. The number of nitrogens with zero attached hydrogens (tertiary/aromatic N) is 4. The van der Waals surface area contributed by atoms with Crippen molar-refractivity contribution in [2.24, 2.45) is 0 Å². The summed E-state index contributed by atoms with van der Waals surface area (Å²) in [7, 11) is 3.50. The van der Waals surface area contributed by atoms with Crippen molar-refractivity contribution in [3.05, 3.63) is 48.7 Å². The number of fused-ring (bicyclic) bond motifs is 1. The number of anilines is 1. The molecule has 3 aromatic rings. The summed E-state index contributed by atoms with van der Waals surface area (Å²) in [4.78, 5) is 6.61. The molecule has 0 saturated carbocycles. The zero-order valence-corrected chi connectivity index (χ0v) is 13.3. The maximum absolute atomic E-state index is 9.98. The number of rotatable bonds is 6. The standard InChI is InChI=1S/C17H20N4O2/c1-20(11-14(22)12-23-2)17-10-15(13-6-4-3-5-7-13)19-16-8-9-18-21(16)17/h3-10,14,22H,11-12H2,1-2H3/t14-/m1/s1. The molecule has 0 fully saturated rings. The van der Waals surface area contributed by atoms with Gasteiger partial charge in [-0.1, -0.05) is 30.3 Å². The molecule has 1 N–H and O–H groups in total. The fourth-order valence-electron chi connectivity index (χ4n) is 2.58. The molecule has 0 aliphatic carbocycles. The topological polar surface area (TPSA) is 62.9 Å². The van der Waals surface area contributed by atoms with Gasteiger partial charge in [-0.15, -0.1) is 0 Å². The SMILES string of the molecule is COC[C@H](O)CN(C)c1cc(-c2ccccc2)nc2ccnn12. The smallest absolute Gasteiger partial charge is 0.157 e. The van der Waals surface area contributed by atoms with Crippen molar-refractivity contribution in [1.82, 2.24) is 14.6 Å². The fourth-order valence-corrected chi connectivity index (χ4v) is 2.58. The molecule has 0 aliphatic rings. The molecule has 0 unspecified atom stereocenters. The molecule has 3 rings (SSSR count). The highest BCUT2D eigenvalue weighted by Gasteiger charge is 2.14. The third-order valence-electron chi connectivity index (χ3n) is 3.64. The van der Waals surface area contributed by atoms with Crippen LogP contribution in [-0.2, 0) is 4.74 Å². The van der Waals surface area contributed by atoms with Crippen molar-refractivity contribution in [3.8, 4) is 11.3 Å². The van der Waals surface area contributed by atoms with Gasteiger partial charge < -0.3 is 14.7 Å². The lowest BCUT2D eigenvalue weighted by atomic mass is 10.1. The first kappa shape index (κ1) is 15.5. The lowest BCUT2D eigenvalue weighted by Gasteiger charge is -2.23. The summed E-state index contributed by atoms with van der Waals surface area (Å²) >= 11 is 0. The summed E-state index contributed by atoms with van der Waals surface area (Å²) in [5.74, 6) is 0.869. The maximum Gasteiger partial charge on any atom is 0.157 e. The van der Waals surface area contributed by atoms with E-state index in [9.17, 15) is 5.11 Å². The Kier molecular flexibility index (Phi) is 4.55. The normalized spacial score (nSPS) is 12.5. The molecule has 0 aliphatic heterocycles. The third kappa shape index (κ3) is 3.33. The van der Waals surface area contributed by atoms with Crippen LogP contribution in [0.25, 0.3) is 16.9 Å². The van der Waals surface area contributed by atoms with Crippen LogP contribution in [0, 0.1) is 0 Å². The summed E-state index contributed by atoms with van der Waals surface area (Å²) in [6.45, 7) is 0.740. The molecule has 1 atom stereocenters. The fraction of sp³-hybridized carbons (Fsp3) is 0.294. The second-order valence-electron chi connectivity index (χ2n) is 5.46. The van der Waals surface area contributed by atoms with Gasteiger partial charge in [0.15, 0.2) is 5.65 Å². The first-order chi connectivity index (χ1) is 11.2. The van der Waals surface area contributed by atoms with Crippen LogP contribution < -0.4 is 4.90 Å². The molecular weight excluding hydrogens is 292 g/mol. The van der Waals surface area contributed by atoms with Gasteiger partial charge in [-0.2, -0.15) is 9.61 Å². The van der Waals surface area contributed by atoms with Crippen molar-refractivity contribution in [1.29, 1.82) is 0 Å². The lowest BCUT2D eigenvalue weighted by Crippen LogP contribution is -2.33. The van der Waals surface area contributed by atoms with E-state index in [1.54, 1.807) is 17.8 Å². The van der Waals surface area contributed by atoms with E-state index in [-0.39, 0.29) is 0 Å². The predicted octanol–water partition coefficient (Wildman–Crippen LogP) is 1.84. The van der Waals surface area contributed by atoms with Crippen LogP contribution in [0.1, 0.15) is 0 Å². The molecule has 120 valence electrons. The minimum absolute atomic E-state index is 0.295. The van der Waals surface area contributed by atoms with Gasteiger partial charge in [0.05, 0.1) is 24.6 Å². The quantitative estimate of drug-likeness (QED) is 0.752. The maximum atomic E-state index is 9.98. The average Bonchev–Trinajstić information content (AvgIpc) is 3.03. The minimum atomic E-state index is -0.566. The highest BCUT2D eigenvalue weighted by atomic mass is 16.5. The Morgan fingerprint density at radius 2 is 2.04 bits per heavy atom. The van der Waals surface area contributed by atoms with E-state index in [0.717, 1.165) is 22.7 Å². The highest BCUT2D eigenvalue weighted by molar-refractivity contribution is 5.66. The summed E-state index contributed by atoms with van der Waals surface area (Å²) in [5.41, 5.74) is 2.69. The van der Waals surface area contributed by atoms with Crippen molar-refractivity contribution in [3.63, 3.8) is 0 Å². The largest absolute Gasteiger partial charge is 0.389 e. The Morgan fingerprint density at radius 1 is 1.26 bits per heavy atom. The lowest BCUT2D eigenvalue weighted by molar-refractivity contribution is 0.0694. The summed E-state index contributed by atoms with van der Waals surface area (Å²) < 4.78 is 6.76. The summed E-state index contributed by atoms with van der Waals surface area (Å²) in [6.07, 6.45) is 1.16. The zero-order valence-electron chi connectivity index (χ0n) is 13.3. The zero-order chi connectivity index (χ0) is 16.2. The van der Waals surface area contributed by atoms with Crippen LogP contribution in [0.15, 0.2) is 48.7 Å². The van der Waals surface area contributed by atoms with E-state index >= 15 is 0 Å². The highest BCUT2D eigenvalue weighted by Crippen LogP contribution is 2.23.